The lowest BCUT2D eigenvalue weighted by molar-refractivity contribution is 0.590. The quantitative estimate of drug-likeness (QED) is 0.741. The van der Waals surface area contributed by atoms with Crippen LogP contribution in [0.4, 0.5) is 5.69 Å². The smallest absolute Gasteiger partial charge is 0.274 e. The van der Waals surface area contributed by atoms with E-state index in [0.717, 1.165) is 42.6 Å². The van der Waals surface area contributed by atoms with Crippen molar-refractivity contribution in [2.24, 2.45) is 0 Å². The number of rotatable bonds is 1. The average Bonchev–Trinajstić information content (AvgIpc) is 2.39. The van der Waals surface area contributed by atoms with Crippen LogP contribution in [0.15, 0.2) is 29.2 Å². The topological polar surface area (TPSA) is 61.0 Å². The molecule has 17 heavy (non-hydrogen) atoms. The fourth-order valence-corrected chi connectivity index (χ4v) is 2.30. The molecule has 1 aromatic carbocycles. The third-order valence-electron chi connectivity index (χ3n) is 3.13. The predicted molar refractivity (Wildman–Crippen MR) is 67.4 cm³/mol. The summed E-state index contributed by atoms with van der Waals surface area (Å²) in [6, 6.07) is 5.90. The second-order valence-corrected chi connectivity index (χ2v) is 4.18. The van der Waals surface area contributed by atoms with Gasteiger partial charge in [0.2, 0.25) is 0 Å². The summed E-state index contributed by atoms with van der Waals surface area (Å²) in [5.41, 5.74) is 0.893. The van der Waals surface area contributed by atoms with Crippen LogP contribution in [0, 0.1) is 0 Å². The number of aromatic nitrogens is 2. The van der Waals surface area contributed by atoms with E-state index < -0.39 is 0 Å². The van der Waals surface area contributed by atoms with Crippen molar-refractivity contribution in [1.29, 1.82) is 0 Å². The van der Waals surface area contributed by atoms with E-state index in [9.17, 15) is 4.79 Å². The Morgan fingerprint density at radius 3 is 2.88 bits per heavy atom. The van der Waals surface area contributed by atoms with Gasteiger partial charge >= 0.3 is 0 Å². The average molecular weight is 230 g/mol. The zero-order chi connectivity index (χ0) is 11.7. The summed E-state index contributed by atoms with van der Waals surface area (Å²) in [6.07, 6.45) is 1.70. The standard InChI is InChI=1S/C12H14N4O/c17-12-11-9(8-14-15-12)2-1-3-10(11)16-6-4-13-5-7-16/h1-3,8,13H,4-7H2,(H,15,17). The van der Waals surface area contributed by atoms with Crippen molar-refractivity contribution >= 4 is 16.5 Å². The summed E-state index contributed by atoms with van der Waals surface area (Å²) < 4.78 is 0. The molecule has 0 aliphatic carbocycles. The Morgan fingerprint density at radius 2 is 2.06 bits per heavy atom. The molecule has 0 amide bonds. The van der Waals surface area contributed by atoms with E-state index >= 15 is 0 Å². The molecular weight excluding hydrogens is 216 g/mol. The molecular formula is C12H14N4O. The number of nitrogens with zero attached hydrogens (tertiary/aromatic N) is 2. The van der Waals surface area contributed by atoms with Gasteiger partial charge in [0.1, 0.15) is 0 Å². The highest BCUT2D eigenvalue weighted by Crippen LogP contribution is 2.23. The van der Waals surface area contributed by atoms with Gasteiger partial charge in [0.25, 0.3) is 5.56 Å². The Kier molecular flexibility index (Phi) is 2.53. The van der Waals surface area contributed by atoms with Crippen molar-refractivity contribution in [3.8, 4) is 0 Å². The van der Waals surface area contributed by atoms with E-state index in [4.69, 9.17) is 0 Å². The Hall–Kier alpha value is -1.88. The molecule has 0 bridgehead atoms. The van der Waals surface area contributed by atoms with Gasteiger partial charge in [-0.3, -0.25) is 4.79 Å². The maximum absolute atomic E-state index is 11.9. The number of anilines is 1. The summed E-state index contributed by atoms with van der Waals surface area (Å²) in [5.74, 6) is 0. The van der Waals surface area contributed by atoms with Crippen LogP contribution in [-0.2, 0) is 0 Å². The highest BCUT2D eigenvalue weighted by atomic mass is 16.1. The van der Waals surface area contributed by atoms with Gasteiger partial charge < -0.3 is 10.2 Å². The van der Waals surface area contributed by atoms with Crippen LogP contribution in [0.25, 0.3) is 10.8 Å². The predicted octanol–water partition coefficient (Wildman–Crippen LogP) is 0.333. The minimum absolute atomic E-state index is 0.114. The summed E-state index contributed by atoms with van der Waals surface area (Å²) >= 11 is 0. The molecule has 88 valence electrons. The number of fused-ring (bicyclic) bond motifs is 1. The third-order valence-corrected chi connectivity index (χ3v) is 3.13. The van der Waals surface area contributed by atoms with Gasteiger partial charge in [0, 0.05) is 31.6 Å². The third kappa shape index (κ3) is 1.78. The normalized spacial score (nSPS) is 16.4. The maximum Gasteiger partial charge on any atom is 0.274 e. The molecule has 0 atom stereocenters. The van der Waals surface area contributed by atoms with E-state index in [1.165, 1.54) is 0 Å². The number of nitrogens with one attached hydrogen (secondary N) is 2. The first-order chi connectivity index (χ1) is 8.36. The first kappa shape index (κ1) is 10.3. The van der Waals surface area contributed by atoms with E-state index in [0.29, 0.717) is 0 Å². The Balaban J connectivity index is 2.18. The van der Waals surface area contributed by atoms with Crippen LogP contribution >= 0.6 is 0 Å². The van der Waals surface area contributed by atoms with Gasteiger partial charge in [0.05, 0.1) is 17.3 Å². The number of H-pyrrole nitrogens is 1. The van der Waals surface area contributed by atoms with Crippen LogP contribution in [0.5, 0.6) is 0 Å². The summed E-state index contributed by atoms with van der Waals surface area (Å²) in [5, 5.41) is 11.3. The molecule has 1 aliphatic heterocycles. The molecule has 1 saturated heterocycles. The van der Waals surface area contributed by atoms with Crippen molar-refractivity contribution < 1.29 is 0 Å². The van der Waals surface area contributed by atoms with Crippen LogP contribution in [0.1, 0.15) is 0 Å². The molecule has 1 fully saturated rings. The fraction of sp³-hybridized carbons (Fsp3) is 0.333. The van der Waals surface area contributed by atoms with Crippen LogP contribution < -0.4 is 15.8 Å². The van der Waals surface area contributed by atoms with Gasteiger partial charge in [-0.25, -0.2) is 5.10 Å². The number of benzene rings is 1. The molecule has 2 heterocycles. The first-order valence-electron chi connectivity index (χ1n) is 5.78. The van der Waals surface area contributed by atoms with Crippen molar-refractivity contribution in [2.75, 3.05) is 31.1 Å². The van der Waals surface area contributed by atoms with Crippen LogP contribution in [0.2, 0.25) is 0 Å². The highest BCUT2D eigenvalue weighted by Gasteiger charge is 2.14. The van der Waals surface area contributed by atoms with Gasteiger partial charge in [-0.1, -0.05) is 12.1 Å². The molecule has 5 heteroatoms. The molecule has 0 unspecified atom stereocenters. The Labute approximate surface area is 98.4 Å². The zero-order valence-corrected chi connectivity index (χ0v) is 9.44. The van der Waals surface area contributed by atoms with Crippen molar-refractivity contribution in [1.82, 2.24) is 15.5 Å². The highest BCUT2D eigenvalue weighted by molar-refractivity contribution is 5.93. The molecule has 3 rings (SSSR count). The lowest BCUT2D eigenvalue weighted by Crippen LogP contribution is -2.43. The van der Waals surface area contributed by atoms with E-state index in [1.807, 2.05) is 18.2 Å². The Bertz CT molecular complexity index is 581. The number of aromatic amines is 1. The van der Waals surface area contributed by atoms with Gasteiger partial charge in [-0.15, -0.1) is 0 Å². The van der Waals surface area contributed by atoms with E-state index in [2.05, 4.69) is 20.4 Å². The van der Waals surface area contributed by atoms with Gasteiger partial charge in [-0.2, -0.15) is 5.10 Å². The van der Waals surface area contributed by atoms with E-state index in [1.54, 1.807) is 6.20 Å². The van der Waals surface area contributed by atoms with Crippen LogP contribution in [0.3, 0.4) is 0 Å². The zero-order valence-electron chi connectivity index (χ0n) is 9.44. The number of piperazine rings is 1. The SMILES string of the molecule is O=c1[nH]ncc2cccc(N3CCNCC3)c12. The molecule has 0 spiro atoms. The monoisotopic (exact) mass is 230 g/mol. The van der Waals surface area contributed by atoms with Gasteiger partial charge in [0.15, 0.2) is 0 Å². The maximum atomic E-state index is 11.9. The van der Waals surface area contributed by atoms with E-state index in [-0.39, 0.29) is 5.56 Å². The minimum atomic E-state index is -0.114. The van der Waals surface area contributed by atoms with Crippen molar-refractivity contribution in [3.05, 3.63) is 34.7 Å². The van der Waals surface area contributed by atoms with Gasteiger partial charge in [-0.05, 0) is 6.07 Å². The lowest BCUT2D eigenvalue weighted by Gasteiger charge is -2.30. The van der Waals surface area contributed by atoms with Crippen molar-refractivity contribution in [2.45, 2.75) is 0 Å². The summed E-state index contributed by atoms with van der Waals surface area (Å²) in [7, 11) is 0. The molecule has 0 saturated carbocycles. The number of hydrogen-bond acceptors (Lipinski definition) is 4. The summed E-state index contributed by atoms with van der Waals surface area (Å²) in [4.78, 5) is 14.1. The first-order valence-corrected chi connectivity index (χ1v) is 5.78. The molecule has 5 nitrogen and oxygen atoms in total. The molecule has 0 radical (unpaired) electrons. The fourth-order valence-electron chi connectivity index (χ4n) is 2.30. The minimum Gasteiger partial charge on any atom is -0.368 e. The molecule has 1 aromatic heterocycles. The molecule has 1 aliphatic rings. The Morgan fingerprint density at radius 1 is 1.24 bits per heavy atom. The second kappa shape index (κ2) is 4.18. The number of hydrogen-bond donors (Lipinski definition) is 2. The lowest BCUT2D eigenvalue weighted by atomic mass is 10.1. The second-order valence-electron chi connectivity index (χ2n) is 4.18. The van der Waals surface area contributed by atoms with Crippen molar-refractivity contribution in [3.63, 3.8) is 0 Å². The molecule has 2 N–H and O–H groups in total. The largest absolute Gasteiger partial charge is 0.368 e. The summed E-state index contributed by atoms with van der Waals surface area (Å²) in [6.45, 7) is 3.78. The van der Waals surface area contributed by atoms with Crippen LogP contribution in [-0.4, -0.2) is 36.4 Å². The molecule has 2 aromatic rings.